The topological polar surface area (TPSA) is 85.0 Å². The third-order valence-corrected chi connectivity index (χ3v) is 6.08. The number of anilines is 1. The smallest absolute Gasteiger partial charge is 0.324 e. The quantitative estimate of drug-likeness (QED) is 0.699. The van der Waals surface area contributed by atoms with Crippen LogP contribution in [0.1, 0.15) is 19.4 Å². The standard InChI is InChI=1S/C23H26ClN5O3/c1-3-29-21-20(15(2)26-29)27(14-19(30)25-18-11-7-10-17(24)12-18)23(32)28(22(21)31)13-16-8-5-4-6-9-16/h4-12,15,20-21,26H,3,13-14H2,1-2H3,(H,25,30). The van der Waals surface area contributed by atoms with Gasteiger partial charge in [0.25, 0.3) is 5.91 Å². The van der Waals surface area contributed by atoms with Crippen molar-refractivity contribution in [3.63, 3.8) is 0 Å². The van der Waals surface area contributed by atoms with Crippen molar-refractivity contribution in [3.8, 4) is 0 Å². The van der Waals surface area contributed by atoms with Crippen LogP contribution in [0.4, 0.5) is 10.5 Å². The molecule has 2 saturated heterocycles. The van der Waals surface area contributed by atoms with Gasteiger partial charge in [-0.15, -0.1) is 0 Å². The molecule has 0 aromatic heterocycles. The normalized spacial score (nSPS) is 23.4. The highest BCUT2D eigenvalue weighted by Gasteiger charge is 2.54. The number of halogens is 1. The minimum atomic E-state index is -0.560. The first-order valence-electron chi connectivity index (χ1n) is 10.6. The number of imide groups is 1. The maximum Gasteiger partial charge on any atom is 0.327 e. The van der Waals surface area contributed by atoms with E-state index in [2.05, 4.69) is 10.7 Å². The van der Waals surface area contributed by atoms with Gasteiger partial charge in [0, 0.05) is 23.3 Å². The summed E-state index contributed by atoms with van der Waals surface area (Å²) in [6.07, 6.45) is 0. The number of carbonyl (C=O) groups is 3. The number of amides is 4. The number of carbonyl (C=O) groups excluding carboxylic acids is 3. The molecule has 3 atom stereocenters. The highest BCUT2D eigenvalue weighted by atomic mass is 35.5. The summed E-state index contributed by atoms with van der Waals surface area (Å²) in [4.78, 5) is 42.4. The van der Waals surface area contributed by atoms with E-state index in [4.69, 9.17) is 11.6 Å². The number of nitrogens with zero attached hydrogens (tertiary/aromatic N) is 3. The van der Waals surface area contributed by atoms with Gasteiger partial charge in [-0.2, -0.15) is 0 Å². The van der Waals surface area contributed by atoms with Gasteiger partial charge in [-0.3, -0.25) is 14.5 Å². The number of hydrogen-bond donors (Lipinski definition) is 2. The summed E-state index contributed by atoms with van der Waals surface area (Å²) in [5, 5.41) is 5.15. The van der Waals surface area contributed by atoms with E-state index in [-0.39, 0.29) is 30.9 Å². The molecule has 168 valence electrons. The van der Waals surface area contributed by atoms with Crippen molar-refractivity contribution < 1.29 is 14.4 Å². The van der Waals surface area contributed by atoms with Crippen LogP contribution < -0.4 is 10.7 Å². The first kappa shape index (κ1) is 22.3. The lowest BCUT2D eigenvalue weighted by atomic mass is 9.97. The number of nitrogens with one attached hydrogen (secondary N) is 2. The van der Waals surface area contributed by atoms with E-state index in [1.54, 1.807) is 24.3 Å². The molecule has 2 aliphatic heterocycles. The molecule has 2 aliphatic rings. The lowest BCUT2D eigenvalue weighted by Gasteiger charge is -2.43. The average Bonchev–Trinajstić information content (AvgIpc) is 3.11. The van der Waals surface area contributed by atoms with Gasteiger partial charge in [0.1, 0.15) is 12.6 Å². The third kappa shape index (κ3) is 4.34. The fourth-order valence-electron chi connectivity index (χ4n) is 4.43. The van der Waals surface area contributed by atoms with E-state index in [0.29, 0.717) is 17.3 Å². The Balaban J connectivity index is 1.60. The van der Waals surface area contributed by atoms with E-state index >= 15 is 0 Å². The number of hydrogen-bond acceptors (Lipinski definition) is 5. The van der Waals surface area contributed by atoms with Crippen LogP contribution in [-0.2, 0) is 16.1 Å². The zero-order valence-corrected chi connectivity index (χ0v) is 18.7. The summed E-state index contributed by atoms with van der Waals surface area (Å²) in [6, 6.07) is 14.5. The summed E-state index contributed by atoms with van der Waals surface area (Å²) in [5.74, 6) is -0.607. The van der Waals surface area contributed by atoms with Crippen molar-refractivity contribution in [3.05, 3.63) is 65.2 Å². The molecular weight excluding hydrogens is 430 g/mol. The van der Waals surface area contributed by atoms with E-state index in [1.165, 1.54) is 9.80 Å². The molecule has 32 heavy (non-hydrogen) atoms. The molecule has 9 heteroatoms. The van der Waals surface area contributed by atoms with Gasteiger partial charge < -0.3 is 10.2 Å². The zero-order valence-electron chi connectivity index (χ0n) is 18.0. The summed E-state index contributed by atoms with van der Waals surface area (Å²) in [6.45, 7) is 4.44. The molecule has 8 nitrogen and oxygen atoms in total. The van der Waals surface area contributed by atoms with Gasteiger partial charge in [-0.1, -0.05) is 54.9 Å². The number of fused-ring (bicyclic) bond motifs is 1. The monoisotopic (exact) mass is 455 g/mol. The maximum atomic E-state index is 13.4. The van der Waals surface area contributed by atoms with Crippen molar-refractivity contribution in [2.75, 3.05) is 18.4 Å². The molecule has 0 bridgehead atoms. The van der Waals surface area contributed by atoms with Crippen LogP contribution >= 0.6 is 11.6 Å². The minimum Gasteiger partial charge on any atom is -0.324 e. The number of urea groups is 1. The van der Waals surface area contributed by atoms with Crippen LogP contribution in [0.2, 0.25) is 5.02 Å². The van der Waals surface area contributed by atoms with Crippen molar-refractivity contribution in [1.29, 1.82) is 0 Å². The van der Waals surface area contributed by atoms with Gasteiger partial charge in [0.15, 0.2) is 0 Å². The summed E-state index contributed by atoms with van der Waals surface area (Å²) < 4.78 is 0. The summed E-state index contributed by atoms with van der Waals surface area (Å²) in [5.41, 5.74) is 4.68. The van der Waals surface area contributed by atoms with Crippen molar-refractivity contribution in [2.45, 2.75) is 38.5 Å². The van der Waals surface area contributed by atoms with Crippen molar-refractivity contribution >= 4 is 35.1 Å². The molecule has 0 radical (unpaired) electrons. The largest absolute Gasteiger partial charge is 0.327 e. The van der Waals surface area contributed by atoms with Crippen molar-refractivity contribution in [1.82, 2.24) is 20.2 Å². The molecule has 0 spiro atoms. The number of benzene rings is 2. The second kappa shape index (κ2) is 9.28. The van der Waals surface area contributed by atoms with E-state index in [9.17, 15) is 14.4 Å². The first-order valence-corrected chi connectivity index (χ1v) is 11.0. The minimum absolute atomic E-state index is 0.153. The predicted octanol–water partition coefficient (Wildman–Crippen LogP) is 2.71. The number of hydrazine groups is 1. The average molecular weight is 456 g/mol. The fraction of sp³-hybridized carbons (Fsp3) is 0.348. The van der Waals surface area contributed by atoms with Gasteiger partial charge in [0.2, 0.25) is 5.91 Å². The third-order valence-electron chi connectivity index (χ3n) is 5.84. The molecule has 4 amide bonds. The SMILES string of the molecule is CCN1NC(C)C2C1C(=O)N(Cc1ccccc1)C(=O)N2CC(=O)Nc1cccc(Cl)c1. The van der Waals surface area contributed by atoms with Crippen LogP contribution in [0, 0.1) is 0 Å². The molecular formula is C23H26ClN5O3. The Bertz CT molecular complexity index is 1020. The van der Waals surface area contributed by atoms with Crippen LogP contribution in [0.25, 0.3) is 0 Å². The predicted molar refractivity (Wildman–Crippen MR) is 122 cm³/mol. The van der Waals surface area contributed by atoms with Gasteiger partial charge in [0.05, 0.1) is 12.6 Å². The highest BCUT2D eigenvalue weighted by Crippen LogP contribution is 2.29. The summed E-state index contributed by atoms with van der Waals surface area (Å²) >= 11 is 6.01. The zero-order chi connectivity index (χ0) is 22.8. The molecule has 2 heterocycles. The molecule has 2 fully saturated rings. The molecule has 2 aromatic rings. The molecule has 0 saturated carbocycles. The Kier molecular flexibility index (Phi) is 6.45. The highest BCUT2D eigenvalue weighted by molar-refractivity contribution is 6.30. The lowest BCUT2D eigenvalue weighted by Crippen LogP contribution is -2.67. The fourth-order valence-corrected chi connectivity index (χ4v) is 4.62. The molecule has 0 aliphatic carbocycles. The second-order valence-electron chi connectivity index (χ2n) is 8.02. The lowest BCUT2D eigenvalue weighted by molar-refractivity contribution is -0.140. The number of likely N-dealkylation sites (N-methyl/N-ethyl adjacent to an activating group) is 1. The second-order valence-corrected chi connectivity index (χ2v) is 8.45. The van der Waals surface area contributed by atoms with Gasteiger partial charge in [-0.25, -0.2) is 15.2 Å². The van der Waals surface area contributed by atoms with Crippen LogP contribution in [0.15, 0.2) is 54.6 Å². The maximum absolute atomic E-state index is 13.4. The molecule has 4 rings (SSSR count). The Morgan fingerprint density at radius 1 is 1.12 bits per heavy atom. The van der Waals surface area contributed by atoms with E-state index in [0.717, 1.165) is 5.56 Å². The van der Waals surface area contributed by atoms with E-state index in [1.807, 2.05) is 49.2 Å². The van der Waals surface area contributed by atoms with Gasteiger partial charge in [-0.05, 0) is 30.7 Å². The Labute approximate surface area is 192 Å². The molecule has 2 N–H and O–H groups in total. The van der Waals surface area contributed by atoms with Crippen molar-refractivity contribution in [2.24, 2.45) is 0 Å². The van der Waals surface area contributed by atoms with Crippen LogP contribution in [0.5, 0.6) is 0 Å². The molecule has 3 unspecified atom stereocenters. The van der Waals surface area contributed by atoms with E-state index < -0.39 is 18.1 Å². The van der Waals surface area contributed by atoms with Crippen LogP contribution in [-0.4, -0.2) is 63.9 Å². The first-order chi connectivity index (χ1) is 15.4. The summed E-state index contributed by atoms with van der Waals surface area (Å²) in [7, 11) is 0. The number of rotatable bonds is 6. The Morgan fingerprint density at radius 3 is 2.56 bits per heavy atom. The van der Waals surface area contributed by atoms with Gasteiger partial charge >= 0.3 is 6.03 Å². The Morgan fingerprint density at radius 2 is 1.88 bits per heavy atom. The van der Waals surface area contributed by atoms with Crippen LogP contribution in [0.3, 0.4) is 0 Å². The molecule has 2 aromatic carbocycles. The Hall–Kier alpha value is -2.94.